The number of carbonyl (C=O) groups is 1. The van der Waals surface area contributed by atoms with Gasteiger partial charge in [-0.25, -0.2) is 4.99 Å². The van der Waals surface area contributed by atoms with Crippen LogP contribution in [0.4, 0.5) is 5.69 Å². The molecule has 0 aliphatic carbocycles. The molecule has 30 heavy (non-hydrogen) atoms. The standard InChI is InChI=1S/C24H26BrN3OS/c1-2-18-10-12-19(13-11-18)26-24-28(16-6-15-27-14-5-9-23(27)29)22(17-30-24)20-7-3-4-8-21(20)25/h3-4,7-8,10-13,17H,2,5-6,9,14-16H2,1H3. The van der Waals surface area contributed by atoms with Crippen LogP contribution in [0.1, 0.15) is 31.7 Å². The minimum Gasteiger partial charge on any atom is -0.343 e. The summed E-state index contributed by atoms with van der Waals surface area (Å²) in [5, 5.41) is 2.18. The van der Waals surface area contributed by atoms with E-state index in [0.29, 0.717) is 6.42 Å². The van der Waals surface area contributed by atoms with E-state index in [1.165, 1.54) is 5.56 Å². The van der Waals surface area contributed by atoms with E-state index < -0.39 is 0 Å². The molecule has 1 fully saturated rings. The summed E-state index contributed by atoms with van der Waals surface area (Å²) in [6.07, 6.45) is 3.63. The molecule has 0 N–H and O–H groups in total. The van der Waals surface area contributed by atoms with Crippen LogP contribution in [-0.4, -0.2) is 28.5 Å². The van der Waals surface area contributed by atoms with Gasteiger partial charge in [-0.1, -0.05) is 53.2 Å². The molecular formula is C24H26BrN3OS. The predicted molar refractivity (Wildman–Crippen MR) is 127 cm³/mol. The molecule has 0 spiro atoms. The lowest BCUT2D eigenvalue weighted by Crippen LogP contribution is -2.27. The van der Waals surface area contributed by atoms with Crippen LogP contribution in [0, 0.1) is 0 Å². The van der Waals surface area contributed by atoms with Crippen LogP contribution in [0.5, 0.6) is 0 Å². The second-order valence-electron chi connectivity index (χ2n) is 7.50. The largest absolute Gasteiger partial charge is 0.343 e. The fourth-order valence-electron chi connectivity index (χ4n) is 3.80. The number of rotatable bonds is 7. The fourth-order valence-corrected chi connectivity index (χ4v) is 5.23. The number of hydrogen-bond acceptors (Lipinski definition) is 3. The van der Waals surface area contributed by atoms with Crippen LogP contribution in [0.2, 0.25) is 0 Å². The molecule has 0 atom stereocenters. The molecule has 2 aromatic carbocycles. The summed E-state index contributed by atoms with van der Waals surface area (Å²) in [5.41, 5.74) is 4.60. The van der Waals surface area contributed by atoms with Gasteiger partial charge >= 0.3 is 0 Å². The first-order chi connectivity index (χ1) is 14.7. The molecule has 156 valence electrons. The lowest BCUT2D eigenvalue weighted by molar-refractivity contribution is -0.127. The second kappa shape index (κ2) is 9.75. The van der Waals surface area contributed by atoms with E-state index in [9.17, 15) is 4.79 Å². The summed E-state index contributed by atoms with van der Waals surface area (Å²) in [6.45, 7) is 4.69. The molecule has 0 bridgehead atoms. The molecule has 0 unspecified atom stereocenters. The molecule has 6 heteroatoms. The van der Waals surface area contributed by atoms with Gasteiger partial charge in [-0.3, -0.25) is 4.79 Å². The highest BCUT2D eigenvalue weighted by atomic mass is 79.9. The minimum atomic E-state index is 0.289. The van der Waals surface area contributed by atoms with E-state index in [2.05, 4.69) is 75.3 Å². The molecule has 0 radical (unpaired) electrons. The third kappa shape index (κ3) is 4.76. The normalized spacial score (nSPS) is 14.7. The third-order valence-electron chi connectivity index (χ3n) is 5.50. The molecule has 1 aromatic heterocycles. The molecule has 0 saturated carbocycles. The zero-order chi connectivity index (χ0) is 20.9. The molecule has 1 aliphatic heterocycles. The lowest BCUT2D eigenvalue weighted by Gasteiger charge is -2.16. The van der Waals surface area contributed by atoms with Crippen molar-refractivity contribution in [1.82, 2.24) is 9.47 Å². The van der Waals surface area contributed by atoms with Gasteiger partial charge in [0.15, 0.2) is 4.80 Å². The zero-order valence-electron chi connectivity index (χ0n) is 17.2. The van der Waals surface area contributed by atoms with Gasteiger partial charge in [0.1, 0.15) is 0 Å². The van der Waals surface area contributed by atoms with Crippen LogP contribution in [-0.2, 0) is 17.8 Å². The number of amides is 1. The van der Waals surface area contributed by atoms with Gasteiger partial charge in [0, 0.05) is 41.5 Å². The Morgan fingerprint density at radius 2 is 1.90 bits per heavy atom. The number of benzene rings is 2. The number of nitrogens with zero attached hydrogens (tertiary/aromatic N) is 3. The maximum absolute atomic E-state index is 12.0. The van der Waals surface area contributed by atoms with E-state index in [1.807, 2.05) is 11.0 Å². The first-order valence-corrected chi connectivity index (χ1v) is 12.2. The Morgan fingerprint density at radius 3 is 2.60 bits per heavy atom. The van der Waals surface area contributed by atoms with Gasteiger partial charge < -0.3 is 9.47 Å². The van der Waals surface area contributed by atoms with E-state index in [-0.39, 0.29) is 5.91 Å². The quantitative estimate of drug-likeness (QED) is 0.419. The van der Waals surface area contributed by atoms with Crippen molar-refractivity contribution in [3.8, 4) is 11.3 Å². The highest BCUT2D eigenvalue weighted by Gasteiger charge is 2.19. The Balaban J connectivity index is 1.66. The number of carbonyl (C=O) groups excluding carboxylic acids is 1. The van der Waals surface area contributed by atoms with Gasteiger partial charge in [-0.15, -0.1) is 11.3 Å². The van der Waals surface area contributed by atoms with E-state index >= 15 is 0 Å². The van der Waals surface area contributed by atoms with Crippen LogP contribution >= 0.6 is 27.3 Å². The predicted octanol–water partition coefficient (Wildman–Crippen LogP) is 5.79. The van der Waals surface area contributed by atoms with Gasteiger partial charge in [0.05, 0.1) is 11.4 Å². The average molecular weight is 484 g/mol. The molecule has 1 aliphatic rings. The molecule has 1 amide bonds. The van der Waals surface area contributed by atoms with Gasteiger partial charge in [0.25, 0.3) is 0 Å². The van der Waals surface area contributed by atoms with Crippen molar-refractivity contribution in [1.29, 1.82) is 0 Å². The Labute approximate surface area is 190 Å². The van der Waals surface area contributed by atoms with E-state index in [4.69, 9.17) is 4.99 Å². The van der Waals surface area contributed by atoms with E-state index in [1.54, 1.807) is 11.3 Å². The number of aromatic nitrogens is 1. The highest BCUT2D eigenvalue weighted by Crippen LogP contribution is 2.29. The summed E-state index contributed by atoms with van der Waals surface area (Å²) in [7, 11) is 0. The number of likely N-dealkylation sites (tertiary alicyclic amines) is 1. The Morgan fingerprint density at radius 1 is 1.10 bits per heavy atom. The number of thiazole rings is 1. The van der Waals surface area contributed by atoms with Gasteiger partial charge in [-0.05, 0) is 43.0 Å². The SMILES string of the molecule is CCc1ccc(N=c2scc(-c3ccccc3Br)n2CCCN2CCCC2=O)cc1. The molecular weight excluding hydrogens is 458 g/mol. The van der Waals surface area contributed by atoms with Crippen molar-refractivity contribution < 1.29 is 4.79 Å². The van der Waals surface area contributed by atoms with Crippen molar-refractivity contribution in [2.45, 2.75) is 39.2 Å². The third-order valence-corrected chi connectivity index (χ3v) is 7.05. The fraction of sp³-hybridized carbons (Fsp3) is 0.333. The maximum atomic E-state index is 12.0. The Hall–Kier alpha value is -2.18. The molecule has 2 heterocycles. The maximum Gasteiger partial charge on any atom is 0.222 e. The number of hydrogen-bond donors (Lipinski definition) is 0. The summed E-state index contributed by atoms with van der Waals surface area (Å²) < 4.78 is 3.36. The Kier molecular flexibility index (Phi) is 6.85. The van der Waals surface area contributed by atoms with Crippen molar-refractivity contribution in [2.24, 2.45) is 4.99 Å². The molecule has 4 rings (SSSR count). The smallest absolute Gasteiger partial charge is 0.222 e. The number of aryl methyl sites for hydroxylation is 1. The van der Waals surface area contributed by atoms with Crippen LogP contribution in [0.25, 0.3) is 11.3 Å². The summed E-state index contributed by atoms with van der Waals surface area (Å²) in [5.74, 6) is 0.289. The minimum absolute atomic E-state index is 0.289. The molecule has 1 saturated heterocycles. The van der Waals surface area contributed by atoms with Crippen molar-refractivity contribution in [3.05, 3.63) is 68.7 Å². The summed E-state index contributed by atoms with van der Waals surface area (Å²) >= 11 is 5.36. The second-order valence-corrected chi connectivity index (χ2v) is 9.20. The van der Waals surface area contributed by atoms with Crippen molar-refractivity contribution in [2.75, 3.05) is 13.1 Å². The summed E-state index contributed by atoms with van der Waals surface area (Å²) in [6, 6.07) is 16.8. The van der Waals surface area contributed by atoms with E-state index in [0.717, 1.165) is 65.1 Å². The van der Waals surface area contributed by atoms with Gasteiger partial charge in [-0.2, -0.15) is 0 Å². The first-order valence-electron chi connectivity index (χ1n) is 10.5. The average Bonchev–Trinajstić information content (AvgIpc) is 3.35. The topological polar surface area (TPSA) is 37.6 Å². The first kappa shape index (κ1) is 21.1. The van der Waals surface area contributed by atoms with Crippen LogP contribution in [0.15, 0.2) is 63.4 Å². The van der Waals surface area contributed by atoms with Crippen molar-refractivity contribution in [3.63, 3.8) is 0 Å². The summed E-state index contributed by atoms with van der Waals surface area (Å²) in [4.78, 5) is 19.9. The molecule has 4 nitrogen and oxygen atoms in total. The highest BCUT2D eigenvalue weighted by molar-refractivity contribution is 9.10. The van der Waals surface area contributed by atoms with Crippen LogP contribution in [0.3, 0.4) is 0 Å². The number of halogens is 1. The van der Waals surface area contributed by atoms with Crippen molar-refractivity contribution >= 4 is 38.9 Å². The van der Waals surface area contributed by atoms with Gasteiger partial charge in [0.2, 0.25) is 5.91 Å². The monoisotopic (exact) mass is 483 g/mol. The molecule has 3 aromatic rings. The van der Waals surface area contributed by atoms with Crippen LogP contribution < -0.4 is 4.80 Å². The zero-order valence-corrected chi connectivity index (χ0v) is 19.6. The Bertz CT molecular complexity index is 1080. The lowest BCUT2D eigenvalue weighted by atomic mass is 10.1.